The third-order valence-corrected chi connectivity index (χ3v) is 2.86. The second kappa shape index (κ2) is 6.89. The van der Waals surface area contributed by atoms with Crippen molar-refractivity contribution in [3.05, 3.63) is 34.3 Å². The highest BCUT2D eigenvalue weighted by Gasteiger charge is 2.01. The molecule has 0 heterocycles. The Labute approximate surface area is 103 Å². The third kappa shape index (κ3) is 4.52. The summed E-state index contributed by atoms with van der Waals surface area (Å²) in [6, 6.07) is 6.11. The molecule has 3 heteroatoms. The van der Waals surface area contributed by atoms with Gasteiger partial charge in [0.1, 0.15) is 0 Å². The average Bonchev–Trinajstić information content (AvgIpc) is 2.24. The Hall–Kier alpha value is -0.570. The molecule has 0 saturated carbocycles. The van der Waals surface area contributed by atoms with E-state index in [2.05, 4.69) is 18.3 Å². The fourth-order valence-electron chi connectivity index (χ4n) is 1.58. The molecule has 0 aliphatic rings. The first-order valence-corrected chi connectivity index (χ1v) is 6.08. The Morgan fingerprint density at radius 1 is 1.44 bits per heavy atom. The van der Waals surface area contributed by atoms with Crippen molar-refractivity contribution < 1.29 is 4.74 Å². The van der Waals surface area contributed by atoms with Crippen molar-refractivity contribution in [3.63, 3.8) is 0 Å². The second-order valence-corrected chi connectivity index (χ2v) is 4.39. The van der Waals surface area contributed by atoms with Gasteiger partial charge in [-0.1, -0.05) is 23.7 Å². The Morgan fingerprint density at radius 2 is 2.19 bits per heavy atom. The molecule has 1 rings (SSSR count). The van der Waals surface area contributed by atoms with Gasteiger partial charge in [0.2, 0.25) is 0 Å². The molecule has 1 aromatic carbocycles. The summed E-state index contributed by atoms with van der Waals surface area (Å²) in [6.45, 7) is 8.60. The lowest BCUT2D eigenvalue weighted by Crippen LogP contribution is -2.26. The molecule has 0 saturated heterocycles. The predicted octanol–water partition coefficient (Wildman–Crippen LogP) is 3.16. The van der Waals surface area contributed by atoms with E-state index in [0.29, 0.717) is 0 Å². The van der Waals surface area contributed by atoms with E-state index in [-0.39, 0.29) is 6.10 Å². The number of ether oxygens (including phenoxy) is 1. The maximum absolute atomic E-state index is 5.97. The van der Waals surface area contributed by atoms with Crippen LogP contribution in [0.15, 0.2) is 18.2 Å². The van der Waals surface area contributed by atoms with Gasteiger partial charge in [-0.15, -0.1) is 0 Å². The summed E-state index contributed by atoms with van der Waals surface area (Å²) >= 11 is 5.97. The van der Waals surface area contributed by atoms with Gasteiger partial charge in [-0.05, 0) is 38.0 Å². The van der Waals surface area contributed by atoms with Gasteiger partial charge in [0, 0.05) is 24.7 Å². The normalized spacial score (nSPS) is 12.8. The zero-order chi connectivity index (χ0) is 12.0. The van der Waals surface area contributed by atoms with Gasteiger partial charge in [0.25, 0.3) is 0 Å². The Morgan fingerprint density at radius 3 is 2.81 bits per heavy atom. The predicted molar refractivity (Wildman–Crippen MR) is 69.0 cm³/mol. The average molecular weight is 242 g/mol. The number of rotatable bonds is 6. The van der Waals surface area contributed by atoms with Crippen LogP contribution >= 0.6 is 11.6 Å². The van der Waals surface area contributed by atoms with Gasteiger partial charge >= 0.3 is 0 Å². The zero-order valence-corrected chi connectivity index (χ0v) is 11.0. The molecule has 0 bridgehead atoms. The van der Waals surface area contributed by atoms with E-state index < -0.39 is 0 Å². The molecule has 0 spiro atoms. The van der Waals surface area contributed by atoms with Gasteiger partial charge in [0.05, 0.1) is 6.10 Å². The molecule has 0 radical (unpaired) electrons. The van der Waals surface area contributed by atoms with E-state index in [0.717, 1.165) is 30.3 Å². The standard InChI is InChI=1S/C13H20ClNO/c1-4-16-11(3)8-15-9-12-5-6-13(14)10(2)7-12/h5-7,11,15H,4,8-9H2,1-3H3. The second-order valence-electron chi connectivity index (χ2n) is 3.98. The SMILES string of the molecule is CCOC(C)CNCc1ccc(Cl)c(C)c1. The number of nitrogens with one attached hydrogen (secondary N) is 1. The molecule has 0 aliphatic carbocycles. The van der Waals surface area contributed by atoms with Gasteiger partial charge in [-0.25, -0.2) is 0 Å². The molecular formula is C13H20ClNO. The van der Waals surface area contributed by atoms with Crippen LogP contribution < -0.4 is 5.32 Å². The summed E-state index contributed by atoms with van der Waals surface area (Å²) in [7, 11) is 0. The quantitative estimate of drug-likeness (QED) is 0.826. The summed E-state index contributed by atoms with van der Waals surface area (Å²) in [6.07, 6.45) is 0.262. The van der Waals surface area contributed by atoms with Crippen LogP contribution in [-0.2, 0) is 11.3 Å². The van der Waals surface area contributed by atoms with Crippen LogP contribution in [0.1, 0.15) is 25.0 Å². The largest absolute Gasteiger partial charge is 0.377 e. The van der Waals surface area contributed by atoms with Crippen LogP contribution in [0.2, 0.25) is 5.02 Å². The van der Waals surface area contributed by atoms with Crippen LogP contribution in [0.5, 0.6) is 0 Å². The number of aryl methyl sites for hydroxylation is 1. The molecule has 1 aromatic rings. The van der Waals surface area contributed by atoms with Gasteiger partial charge in [-0.2, -0.15) is 0 Å². The highest BCUT2D eigenvalue weighted by atomic mass is 35.5. The first-order valence-electron chi connectivity index (χ1n) is 5.70. The zero-order valence-electron chi connectivity index (χ0n) is 10.2. The van der Waals surface area contributed by atoms with Crippen molar-refractivity contribution in [1.29, 1.82) is 0 Å². The molecular weight excluding hydrogens is 222 g/mol. The minimum atomic E-state index is 0.262. The molecule has 16 heavy (non-hydrogen) atoms. The van der Waals surface area contributed by atoms with Crippen molar-refractivity contribution in [2.75, 3.05) is 13.2 Å². The van der Waals surface area contributed by atoms with E-state index in [9.17, 15) is 0 Å². The molecule has 0 aromatic heterocycles. The van der Waals surface area contributed by atoms with Gasteiger partial charge in [0.15, 0.2) is 0 Å². The van der Waals surface area contributed by atoms with Crippen molar-refractivity contribution in [3.8, 4) is 0 Å². The molecule has 0 aliphatic heterocycles. The Kier molecular flexibility index (Phi) is 5.81. The van der Waals surface area contributed by atoms with Crippen LogP contribution in [0.25, 0.3) is 0 Å². The number of hydrogen-bond acceptors (Lipinski definition) is 2. The van der Waals surface area contributed by atoms with Crippen LogP contribution in [-0.4, -0.2) is 19.3 Å². The lowest BCUT2D eigenvalue weighted by Gasteiger charge is -2.12. The van der Waals surface area contributed by atoms with E-state index in [4.69, 9.17) is 16.3 Å². The summed E-state index contributed by atoms with van der Waals surface area (Å²) in [5.41, 5.74) is 2.38. The summed E-state index contributed by atoms with van der Waals surface area (Å²) < 4.78 is 5.44. The van der Waals surface area contributed by atoms with E-state index >= 15 is 0 Å². The number of benzene rings is 1. The summed E-state index contributed by atoms with van der Waals surface area (Å²) in [4.78, 5) is 0. The lowest BCUT2D eigenvalue weighted by molar-refractivity contribution is 0.0759. The van der Waals surface area contributed by atoms with Crippen molar-refractivity contribution in [2.24, 2.45) is 0 Å². The minimum Gasteiger partial charge on any atom is -0.377 e. The summed E-state index contributed by atoms with van der Waals surface area (Å²) in [5.74, 6) is 0. The van der Waals surface area contributed by atoms with Gasteiger partial charge < -0.3 is 10.1 Å². The van der Waals surface area contributed by atoms with Crippen LogP contribution in [0.3, 0.4) is 0 Å². The Balaban J connectivity index is 2.34. The highest BCUT2D eigenvalue weighted by Crippen LogP contribution is 2.15. The molecule has 90 valence electrons. The highest BCUT2D eigenvalue weighted by molar-refractivity contribution is 6.31. The fourth-order valence-corrected chi connectivity index (χ4v) is 1.70. The van der Waals surface area contributed by atoms with Crippen LogP contribution in [0.4, 0.5) is 0 Å². The van der Waals surface area contributed by atoms with E-state index in [1.54, 1.807) is 0 Å². The molecule has 1 N–H and O–H groups in total. The number of halogens is 1. The first kappa shape index (κ1) is 13.5. The monoisotopic (exact) mass is 241 g/mol. The molecule has 0 amide bonds. The van der Waals surface area contributed by atoms with E-state index in [1.807, 2.05) is 26.0 Å². The molecule has 1 atom stereocenters. The molecule has 0 fully saturated rings. The maximum Gasteiger partial charge on any atom is 0.0671 e. The molecule has 1 unspecified atom stereocenters. The number of hydrogen-bond donors (Lipinski definition) is 1. The lowest BCUT2D eigenvalue weighted by atomic mass is 10.1. The van der Waals surface area contributed by atoms with Gasteiger partial charge in [-0.3, -0.25) is 0 Å². The maximum atomic E-state index is 5.97. The minimum absolute atomic E-state index is 0.262. The van der Waals surface area contributed by atoms with Crippen molar-refractivity contribution >= 4 is 11.6 Å². The first-order chi connectivity index (χ1) is 7.63. The Bertz CT molecular complexity index is 328. The topological polar surface area (TPSA) is 21.3 Å². The van der Waals surface area contributed by atoms with Crippen molar-refractivity contribution in [1.82, 2.24) is 5.32 Å². The summed E-state index contributed by atoms with van der Waals surface area (Å²) in [5, 5.41) is 4.19. The van der Waals surface area contributed by atoms with Crippen LogP contribution in [0, 0.1) is 6.92 Å². The van der Waals surface area contributed by atoms with E-state index in [1.165, 1.54) is 5.56 Å². The van der Waals surface area contributed by atoms with Crippen molar-refractivity contribution in [2.45, 2.75) is 33.4 Å². The fraction of sp³-hybridized carbons (Fsp3) is 0.538. The smallest absolute Gasteiger partial charge is 0.0671 e. The third-order valence-electron chi connectivity index (χ3n) is 2.43. The molecule has 2 nitrogen and oxygen atoms in total.